The van der Waals surface area contributed by atoms with Gasteiger partial charge in [-0.2, -0.15) is 8.78 Å². The molecule has 9 heteroatoms. The summed E-state index contributed by atoms with van der Waals surface area (Å²) >= 11 is 1.67. The van der Waals surface area contributed by atoms with Gasteiger partial charge < -0.3 is 5.32 Å². The van der Waals surface area contributed by atoms with Gasteiger partial charge in [0.05, 0.1) is 16.7 Å². The van der Waals surface area contributed by atoms with Crippen LogP contribution in [0, 0.1) is 0 Å². The maximum Gasteiger partial charge on any atom is 0.288 e. The minimum atomic E-state index is -2.48. The molecule has 0 atom stereocenters. The van der Waals surface area contributed by atoms with Crippen LogP contribution >= 0.6 is 23.5 Å². The molecule has 0 saturated heterocycles. The van der Waals surface area contributed by atoms with Gasteiger partial charge in [0.2, 0.25) is 5.91 Å². The van der Waals surface area contributed by atoms with E-state index in [1.54, 1.807) is 28.8 Å². The van der Waals surface area contributed by atoms with Crippen LogP contribution in [0.2, 0.25) is 0 Å². The number of aromatic nitrogens is 2. The van der Waals surface area contributed by atoms with Gasteiger partial charge in [0.15, 0.2) is 5.16 Å². The van der Waals surface area contributed by atoms with E-state index >= 15 is 0 Å². The molecule has 1 aromatic heterocycles. The fourth-order valence-corrected chi connectivity index (χ4v) is 4.29. The number of carbonyl (C=O) groups is 1. The van der Waals surface area contributed by atoms with Crippen LogP contribution in [-0.2, 0) is 4.79 Å². The fraction of sp³-hybridized carbons (Fsp3) is 0.250. The fourth-order valence-electron chi connectivity index (χ4n) is 2.93. The lowest BCUT2D eigenvalue weighted by molar-refractivity contribution is -0.113. The van der Waals surface area contributed by atoms with Gasteiger partial charge >= 0.3 is 0 Å². The number of para-hydroxylation sites is 1. The summed E-state index contributed by atoms with van der Waals surface area (Å²) in [5.41, 5.74) is 1.07. The molecule has 1 heterocycles. The third-order valence-corrected chi connectivity index (χ3v) is 6.06. The molecule has 0 unspecified atom stereocenters. The van der Waals surface area contributed by atoms with Crippen LogP contribution in [0.5, 0.6) is 0 Å². The molecule has 0 bridgehead atoms. The summed E-state index contributed by atoms with van der Waals surface area (Å²) in [5.74, 6) is -2.65. The minimum Gasteiger partial charge on any atom is -0.325 e. The number of thioether (sulfide) groups is 2. The Labute approximate surface area is 173 Å². The van der Waals surface area contributed by atoms with Crippen LogP contribution < -0.4 is 10.9 Å². The molecule has 2 aromatic carbocycles. The van der Waals surface area contributed by atoms with E-state index in [1.807, 2.05) is 12.1 Å². The third kappa shape index (κ3) is 4.79. The summed E-state index contributed by atoms with van der Waals surface area (Å²) in [5, 5.41) is 3.85. The quantitative estimate of drug-likeness (QED) is 0.429. The Balaban J connectivity index is 1.46. The Kier molecular flexibility index (Phi) is 5.86. The van der Waals surface area contributed by atoms with Gasteiger partial charge in [0.25, 0.3) is 11.3 Å². The zero-order valence-electron chi connectivity index (χ0n) is 15.2. The van der Waals surface area contributed by atoms with Crippen molar-refractivity contribution in [2.24, 2.45) is 0 Å². The van der Waals surface area contributed by atoms with Gasteiger partial charge in [-0.3, -0.25) is 14.2 Å². The van der Waals surface area contributed by atoms with Crippen LogP contribution in [0.1, 0.15) is 18.9 Å². The summed E-state index contributed by atoms with van der Waals surface area (Å²) in [4.78, 5) is 30.2. The molecular formula is C20H17F2N3O2S2. The molecule has 1 N–H and O–H groups in total. The minimum absolute atomic E-state index is 0.0758. The summed E-state index contributed by atoms with van der Waals surface area (Å²) in [6, 6.07) is 13.6. The molecule has 150 valence electrons. The monoisotopic (exact) mass is 433 g/mol. The number of alkyl halides is 2. The first kappa shape index (κ1) is 19.9. The number of hydrogen-bond acceptors (Lipinski definition) is 5. The van der Waals surface area contributed by atoms with E-state index in [0.717, 1.165) is 12.8 Å². The maximum atomic E-state index is 12.8. The van der Waals surface area contributed by atoms with Gasteiger partial charge in [0.1, 0.15) is 0 Å². The van der Waals surface area contributed by atoms with Crippen molar-refractivity contribution in [1.82, 2.24) is 9.55 Å². The highest BCUT2D eigenvalue weighted by Crippen LogP contribution is 2.36. The lowest BCUT2D eigenvalue weighted by atomic mass is 10.2. The molecule has 4 rings (SSSR count). The predicted octanol–water partition coefficient (Wildman–Crippen LogP) is 4.78. The molecule has 0 aliphatic heterocycles. The van der Waals surface area contributed by atoms with Gasteiger partial charge in [-0.25, -0.2) is 4.98 Å². The Morgan fingerprint density at radius 1 is 1.17 bits per heavy atom. The number of benzene rings is 2. The summed E-state index contributed by atoms with van der Waals surface area (Å²) < 4.78 is 26.4. The second-order valence-corrected chi connectivity index (χ2v) is 8.56. The second kappa shape index (κ2) is 8.54. The number of hydrogen-bond donors (Lipinski definition) is 1. The van der Waals surface area contributed by atoms with Crippen molar-refractivity contribution in [1.29, 1.82) is 0 Å². The average Bonchev–Trinajstić information content (AvgIpc) is 3.52. The number of carbonyl (C=O) groups excluding carboxylic acids is 1. The van der Waals surface area contributed by atoms with Crippen molar-refractivity contribution in [3.8, 4) is 0 Å². The molecule has 1 aliphatic rings. The molecule has 5 nitrogen and oxygen atoms in total. The van der Waals surface area contributed by atoms with E-state index in [9.17, 15) is 18.4 Å². The number of fused-ring (bicyclic) bond motifs is 1. The molecule has 0 spiro atoms. The van der Waals surface area contributed by atoms with E-state index in [0.29, 0.717) is 38.4 Å². The van der Waals surface area contributed by atoms with E-state index in [-0.39, 0.29) is 23.3 Å². The molecule has 0 radical (unpaired) electrons. The van der Waals surface area contributed by atoms with Crippen LogP contribution in [0.25, 0.3) is 10.9 Å². The Morgan fingerprint density at radius 3 is 2.59 bits per heavy atom. The number of amides is 1. The lowest BCUT2D eigenvalue weighted by Gasteiger charge is -2.12. The highest BCUT2D eigenvalue weighted by atomic mass is 32.2. The standard InChI is InChI=1S/C20H17F2N3O2S2/c21-19(22)29-14-9-5-12(6-10-14)23-17(26)11-28-20-24-16-4-2-1-3-15(16)18(27)25(20)13-7-8-13/h1-6,9-10,13,19H,7-8,11H2,(H,23,26). The Hall–Kier alpha value is -2.39. The molecular weight excluding hydrogens is 416 g/mol. The molecule has 1 fully saturated rings. The van der Waals surface area contributed by atoms with Crippen LogP contribution in [-0.4, -0.2) is 27.0 Å². The Morgan fingerprint density at radius 2 is 1.90 bits per heavy atom. The van der Waals surface area contributed by atoms with Crippen LogP contribution in [0.4, 0.5) is 14.5 Å². The van der Waals surface area contributed by atoms with E-state index in [1.165, 1.54) is 23.9 Å². The normalized spacial score (nSPS) is 13.8. The van der Waals surface area contributed by atoms with Gasteiger partial charge in [-0.1, -0.05) is 35.7 Å². The van der Waals surface area contributed by atoms with Crippen LogP contribution in [0.15, 0.2) is 63.4 Å². The number of halogens is 2. The highest BCUT2D eigenvalue weighted by molar-refractivity contribution is 8.00. The van der Waals surface area contributed by atoms with Gasteiger partial charge in [-0.15, -0.1) is 0 Å². The second-order valence-electron chi connectivity index (χ2n) is 6.56. The lowest BCUT2D eigenvalue weighted by Crippen LogP contribution is -2.23. The van der Waals surface area contributed by atoms with Crippen LogP contribution in [0.3, 0.4) is 0 Å². The number of rotatable bonds is 7. The van der Waals surface area contributed by atoms with Crippen molar-refractivity contribution in [3.05, 3.63) is 58.9 Å². The summed E-state index contributed by atoms with van der Waals surface area (Å²) in [6.45, 7) is 0. The predicted molar refractivity (Wildman–Crippen MR) is 112 cm³/mol. The van der Waals surface area contributed by atoms with Crippen molar-refractivity contribution in [2.45, 2.75) is 34.7 Å². The van der Waals surface area contributed by atoms with Crippen molar-refractivity contribution in [2.75, 3.05) is 11.1 Å². The number of nitrogens with zero attached hydrogens (tertiary/aromatic N) is 2. The zero-order chi connectivity index (χ0) is 20.4. The van der Waals surface area contributed by atoms with Crippen molar-refractivity contribution < 1.29 is 13.6 Å². The zero-order valence-corrected chi connectivity index (χ0v) is 16.8. The SMILES string of the molecule is O=C(CSc1nc2ccccc2c(=O)n1C1CC1)Nc1ccc(SC(F)F)cc1. The van der Waals surface area contributed by atoms with E-state index < -0.39 is 5.76 Å². The highest BCUT2D eigenvalue weighted by Gasteiger charge is 2.28. The van der Waals surface area contributed by atoms with Gasteiger partial charge in [0, 0.05) is 16.6 Å². The molecule has 29 heavy (non-hydrogen) atoms. The van der Waals surface area contributed by atoms with Crippen molar-refractivity contribution in [3.63, 3.8) is 0 Å². The number of nitrogens with one attached hydrogen (secondary N) is 1. The average molecular weight is 434 g/mol. The molecule has 3 aromatic rings. The third-order valence-electron chi connectivity index (χ3n) is 4.38. The first-order valence-electron chi connectivity index (χ1n) is 9.00. The largest absolute Gasteiger partial charge is 0.325 e. The van der Waals surface area contributed by atoms with Gasteiger partial charge in [-0.05, 0) is 49.2 Å². The number of anilines is 1. The maximum absolute atomic E-state index is 12.8. The first-order chi connectivity index (χ1) is 14.0. The van der Waals surface area contributed by atoms with E-state index in [4.69, 9.17) is 0 Å². The smallest absolute Gasteiger partial charge is 0.288 e. The topological polar surface area (TPSA) is 64.0 Å². The molecule has 1 amide bonds. The van der Waals surface area contributed by atoms with Crippen molar-refractivity contribution >= 4 is 46.0 Å². The Bertz CT molecular complexity index is 1100. The first-order valence-corrected chi connectivity index (χ1v) is 10.9. The van der Waals surface area contributed by atoms with E-state index in [2.05, 4.69) is 10.3 Å². The molecule has 1 saturated carbocycles. The summed E-state index contributed by atoms with van der Waals surface area (Å²) in [7, 11) is 0. The molecule has 1 aliphatic carbocycles. The summed E-state index contributed by atoms with van der Waals surface area (Å²) in [6.07, 6.45) is 1.87.